The van der Waals surface area contributed by atoms with E-state index in [0.29, 0.717) is 6.07 Å². The first-order valence-electron chi connectivity index (χ1n) is 3.98. The quantitative estimate of drug-likeness (QED) is 0.468. The lowest BCUT2D eigenvalue weighted by atomic mass is 10.2. The Balaban J connectivity index is 3.23. The third-order valence-corrected chi connectivity index (χ3v) is 3.21. The summed E-state index contributed by atoms with van der Waals surface area (Å²) >= 11 is 2.67. The monoisotopic (exact) mass is 347 g/mol. The molecule has 0 unspecified atom stereocenters. The van der Waals surface area contributed by atoms with E-state index in [0.717, 1.165) is 6.07 Å². The van der Waals surface area contributed by atoms with Crippen molar-refractivity contribution < 1.29 is 30.2 Å². The maximum atomic E-state index is 13.1. The van der Waals surface area contributed by atoms with Crippen molar-refractivity contribution in [1.29, 1.82) is 5.26 Å². The van der Waals surface area contributed by atoms with Crippen LogP contribution in [0.3, 0.4) is 0 Å². The zero-order valence-electron chi connectivity index (χ0n) is 8.12. The Kier molecular flexibility index (Phi) is 3.87. The second kappa shape index (κ2) is 4.74. The van der Waals surface area contributed by atoms with Crippen LogP contribution < -0.4 is 4.18 Å². The molecule has 1 aromatic rings. The normalized spacial score (nSPS) is 12.0. The number of nitriles is 1. The van der Waals surface area contributed by atoms with Gasteiger partial charge in [-0.3, -0.25) is 0 Å². The predicted octanol–water partition coefficient (Wildman–Crippen LogP) is 2.69. The first-order valence-corrected chi connectivity index (χ1v) is 6.18. The smallest absolute Gasteiger partial charge is 0.375 e. The van der Waals surface area contributed by atoms with Gasteiger partial charge in [-0.1, -0.05) is 0 Å². The van der Waals surface area contributed by atoms with Crippen molar-refractivity contribution in [3.8, 4) is 11.8 Å². The molecule has 0 atom stereocenters. The molecule has 0 saturated heterocycles. The minimum absolute atomic E-state index is 0.298. The topological polar surface area (TPSA) is 67.2 Å². The summed E-state index contributed by atoms with van der Waals surface area (Å²) < 4.78 is 74.0. The summed E-state index contributed by atoms with van der Waals surface area (Å²) in [5.41, 5.74) is -6.10. The van der Waals surface area contributed by atoms with Gasteiger partial charge in [0.1, 0.15) is 11.9 Å². The fourth-order valence-corrected chi connectivity index (χ4v) is 1.84. The molecule has 98 valence electrons. The highest BCUT2D eigenvalue weighted by molar-refractivity contribution is 9.10. The summed E-state index contributed by atoms with van der Waals surface area (Å²) in [6.07, 6.45) is 0. The van der Waals surface area contributed by atoms with Gasteiger partial charge < -0.3 is 4.18 Å². The van der Waals surface area contributed by atoms with Gasteiger partial charge in [0.2, 0.25) is 0 Å². The summed E-state index contributed by atoms with van der Waals surface area (Å²) in [6, 6.07) is 2.59. The van der Waals surface area contributed by atoms with Crippen LogP contribution in [0.15, 0.2) is 16.6 Å². The molecule has 18 heavy (non-hydrogen) atoms. The summed E-state index contributed by atoms with van der Waals surface area (Å²) in [6.45, 7) is 0. The maximum absolute atomic E-state index is 13.1. The first kappa shape index (κ1) is 14.7. The molecule has 1 aromatic carbocycles. The molecule has 4 nitrogen and oxygen atoms in total. The molecule has 0 radical (unpaired) electrons. The minimum atomic E-state index is -5.89. The summed E-state index contributed by atoms with van der Waals surface area (Å²) in [5, 5.41) is 8.45. The lowest BCUT2D eigenvalue weighted by Crippen LogP contribution is -2.28. The second-order valence-electron chi connectivity index (χ2n) is 2.86. The molecule has 0 bridgehead atoms. The average Bonchev–Trinajstić information content (AvgIpc) is 2.21. The molecule has 0 aromatic heterocycles. The molecule has 0 spiro atoms. The van der Waals surface area contributed by atoms with Crippen molar-refractivity contribution in [2.45, 2.75) is 5.51 Å². The van der Waals surface area contributed by atoms with E-state index in [4.69, 9.17) is 5.26 Å². The summed E-state index contributed by atoms with van der Waals surface area (Å²) in [4.78, 5) is 0. The number of rotatable bonds is 2. The van der Waals surface area contributed by atoms with Crippen LogP contribution >= 0.6 is 15.9 Å². The molecule has 0 fully saturated rings. The molecule has 1 rings (SSSR count). The highest BCUT2D eigenvalue weighted by Crippen LogP contribution is 2.33. The zero-order valence-corrected chi connectivity index (χ0v) is 10.5. The average molecular weight is 348 g/mol. The molecule has 0 heterocycles. The first-order chi connectivity index (χ1) is 8.08. The van der Waals surface area contributed by atoms with Crippen molar-refractivity contribution in [3.63, 3.8) is 0 Å². The second-order valence-corrected chi connectivity index (χ2v) is 5.25. The van der Waals surface area contributed by atoms with Gasteiger partial charge in [0.25, 0.3) is 0 Å². The molecule has 0 N–H and O–H groups in total. The zero-order chi connectivity index (χ0) is 14.1. The number of hydrogen-bond donors (Lipinski definition) is 0. The standard InChI is InChI=1S/C8H2BrF4NO3S/c9-5-1-4(3-14)6(10)2-7(5)17-18(15,16)8(11,12)13/h1-2H. The molecule has 10 heteroatoms. The number of alkyl halides is 3. The van der Waals surface area contributed by atoms with Crippen LogP contribution in [-0.2, 0) is 10.1 Å². The summed E-state index contributed by atoms with van der Waals surface area (Å²) in [7, 11) is -5.89. The lowest BCUT2D eigenvalue weighted by molar-refractivity contribution is -0.0500. The van der Waals surface area contributed by atoms with Crippen LogP contribution in [0.2, 0.25) is 0 Å². The van der Waals surface area contributed by atoms with E-state index in [2.05, 4.69) is 20.1 Å². The SMILES string of the molecule is N#Cc1cc(Br)c(OS(=O)(=O)C(F)(F)F)cc1F. The molecular formula is C8H2BrF4NO3S. The van der Waals surface area contributed by atoms with E-state index in [9.17, 15) is 26.0 Å². The molecule has 0 aliphatic rings. The van der Waals surface area contributed by atoms with Gasteiger partial charge in [-0.15, -0.1) is 0 Å². The fraction of sp³-hybridized carbons (Fsp3) is 0.125. The van der Waals surface area contributed by atoms with Crippen LogP contribution in [-0.4, -0.2) is 13.9 Å². The highest BCUT2D eigenvalue weighted by Gasteiger charge is 2.48. The van der Waals surface area contributed by atoms with Gasteiger partial charge in [0.05, 0.1) is 10.0 Å². The third-order valence-electron chi connectivity index (χ3n) is 1.62. The Hall–Kier alpha value is -1.34. The van der Waals surface area contributed by atoms with E-state index in [-0.39, 0.29) is 4.47 Å². The Morgan fingerprint density at radius 2 is 1.89 bits per heavy atom. The Labute approximate surface area is 107 Å². The van der Waals surface area contributed by atoms with Gasteiger partial charge in [0, 0.05) is 6.07 Å². The number of halogens is 5. The molecule has 0 saturated carbocycles. The lowest BCUT2D eigenvalue weighted by Gasteiger charge is -2.10. The van der Waals surface area contributed by atoms with Crippen LogP contribution in [0.25, 0.3) is 0 Å². The number of benzene rings is 1. The van der Waals surface area contributed by atoms with E-state index in [1.807, 2.05) is 0 Å². The van der Waals surface area contributed by atoms with Crippen LogP contribution in [0.5, 0.6) is 5.75 Å². The highest BCUT2D eigenvalue weighted by atomic mass is 79.9. The number of nitrogens with zero attached hydrogens (tertiary/aromatic N) is 1. The van der Waals surface area contributed by atoms with Gasteiger partial charge in [-0.25, -0.2) is 4.39 Å². The van der Waals surface area contributed by atoms with E-state index >= 15 is 0 Å². The van der Waals surface area contributed by atoms with Gasteiger partial charge >= 0.3 is 15.6 Å². The van der Waals surface area contributed by atoms with Crippen molar-refractivity contribution in [2.24, 2.45) is 0 Å². The van der Waals surface area contributed by atoms with Crippen molar-refractivity contribution in [2.75, 3.05) is 0 Å². The molecule has 0 amide bonds. The molecule has 0 aliphatic carbocycles. The maximum Gasteiger partial charge on any atom is 0.534 e. The fourth-order valence-electron chi connectivity index (χ4n) is 0.844. The van der Waals surface area contributed by atoms with Crippen LogP contribution in [0.4, 0.5) is 17.6 Å². The van der Waals surface area contributed by atoms with E-state index in [1.54, 1.807) is 0 Å². The van der Waals surface area contributed by atoms with Crippen molar-refractivity contribution in [1.82, 2.24) is 0 Å². The van der Waals surface area contributed by atoms with Crippen LogP contribution in [0.1, 0.15) is 5.56 Å². The van der Waals surface area contributed by atoms with Crippen molar-refractivity contribution in [3.05, 3.63) is 28.0 Å². The van der Waals surface area contributed by atoms with Gasteiger partial charge in [-0.2, -0.15) is 26.9 Å². The van der Waals surface area contributed by atoms with E-state index in [1.165, 1.54) is 6.07 Å². The Bertz CT molecular complexity index is 620. The largest absolute Gasteiger partial charge is 0.534 e. The minimum Gasteiger partial charge on any atom is -0.375 e. The van der Waals surface area contributed by atoms with Gasteiger partial charge in [0.15, 0.2) is 5.75 Å². The van der Waals surface area contributed by atoms with Gasteiger partial charge in [-0.05, 0) is 22.0 Å². The summed E-state index contributed by atoms with van der Waals surface area (Å²) in [5.74, 6) is -2.10. The molecular weight excluding hydrogens is 346 g/mol. The molecule has 0 aliphatic heterocycles. The van der Waals surface area contributed by atoms with Crippen LogP contribution in [0, 0.1) is 17.1 Å². The Morgan fingerprint density at radius 3 is 2.33 bits per heavy atom. The predicted molar refractivity (Wildman–Crippen MR) is 54.4 cm³/mol. The number of hydrogen-bond acceptors (Lipinski definition) is 4. The third kappa shape index (κ3) is 2.91. The Morgan fingerprint density at radius 1 is 1.33 bits per heavy atom. The van der Waals surface area contributed by atoms with E-state index < -0.39 is 32.8 Å². The van der Waals surface area contributed by atoms with Crippen molar-refractivity contribution >= 4 is 26.0 Å².